The second kappa shape index (κ2) is 6.64. The zero-order chi connectivity index (χ0) is 18.3. The molecule has 1 saturated carbocycles. The number of methoxy groups -OCH3 is 2. The molecule has 0 bridgehead atoms. The van der Waals surface area contributed by atoms with E-state index in [0.717, 1.165) is 23.8 Å². The van der Waals surface area contributed by atoms with Crippen LogP contribution in [0.3, 0.4) is 0 Å². The van der Waals surface area contributed by atoms with Crippen LogP contribution in [0.5, 0.6) is 11.5 Å². The van der Waals surface area contributed by atoms with E-state index in [9.17, 15) is 0 Å². The van der Waals surface area contributed by atoms with Crippen molar-refractivity contribution in [3.8, 4) is 11.5 Å². The zero-order valence-corrected chi connectivity index (χ0v) is 16.4. The van der Waals surface area contributed by atoms with E-state index in [1.807, 2.05) is 0 Å². The fourth-order valence-electron chi connectivity index (χ4n) is 5.27. The summed E-state index contributed by atoms with van der Waals surface area (Å²) in [4.78, 5) is 0. The van der Waals surface area contributed by atoms with Crippen molar-refractivity contribution in [1.82, 2.24) is 0 Å². The van der Waals surface area contributed by atoms with Crippen LogP contribution in [-0.4, -0.2) is 14.2 Å². The minimum Gasteiger partial charge on any atom is -0.497 e. The van der Waals surface area contributed by atoms with Gasteiger partial charge in [0.15, 0.2) is 0 Å². The Morgan fingerprint density at radius 3 is 2.27 bits per heavy atom. The number of ether oxygens (including phenoxy) is 2. The third kappa shape index (κ3) is 3.11. The van der Waals surface area contributed by atoms with Crippen LogP contribution in [0, 0.1) is 11.3 Å². The third-order valence-corrected chi connectivity index (χ3v) is 6.70. The van der Waals surface area contributed by atoms with Crippen LogP contribution in [0.4, 0.5) is 0 Å². The van der Waals surface area contributed by atoms with Crippen molar-refractivity contribution >= 4 is 0 Å². The number of benzene rings is 2. The molecule has 2 aromatic carbocycles. The van der Waals surface area contributed by atoms with Crippen molar-refractivity contribution in [3.05, 3.63) is 59.2 Å². The molecule has 2 nitrogen and oxygen atoms in total. The summed E-state index contributed by atoms with van der Waals surface area (Å²) in [5, 5.41) is 0. The molecule has 0 spiro atoms. The summed E-state index contributed by atoms with van der Waals surface area (Å²) in [6.45, 7) is 4.86. The summed E-state index contributed by atoms with van der Waals surface area (Å²) in [7, 11) is 3.51. The number of hydrogen-bond acceptors (Lipinski definition) is 2. The van der Waals surface area contributed by atoms with Crippen molar-refractivity contribution in [3.63, 3.8) is 0 Å². The second-order valence-corrected chi connectivity index (χ2v) is 8.83. The van der Waals surface area contributed by atoms with Crippen LogP contribution in [0.15, 0.2) is 42.5 Å². The maximum absolute atomic E-state index is 5.54. The highest BCUT2D eigenvalue weighted by molar-refractivity contribution is 5.44. The topological polar surface area (TPSA) is 18.5 Å². The molecule has 0 N–H and O–H groups in total. The molecule has 0 aliphatic heterocycles. The van der Waals surface area contributed by atoms with Gasteiger partial charge in [0.1, 0.15) is 11.5 Å². The molecular formula is C24H30O2. The van der Waals surface area contributed by atoms with Crippen molar-refractivity contribution < 1.29 is 9.47 Å². The van der Waals surface area contributed by atoms with Gasteiger partial charge in [-0.15, -0.1) is 0 Å². The van der Waals surface area contributed by atoms with Gasteiger partial charge >= 0.3 is 0 Å². The first kappa shape index (κ1) is 17.5. The SMILES string of the molecule is COc1ccc([C@@H]2Cc3ccc(OC)cc3[C@@H]3CC(C)(C)CC[C@H]23)cc1. The molecule has 0 unspecified atom stereocenters. The van der Waals surface area contributed by atoms with Gasteiger partial charge in [-0.3, -0.25) is 0 Å². The summed E-state index contributed by atoms with van der Waals surface area (Å²) in [5.74, 6) is 3.88. The predicted octanol–water partition coefficient (Wildman–Crippen LogP) is 5.95. The highest BCUT2D eigenvalue weighted by Gasteiger charge is 2.43. The Morgan fingerprint density at radius 1 is 0.885 bits per heavy atom. The normalized spacial score (nSPS) is 26.5. The predicted molar refractivity (Wildman–Crippen MR) is 106 cm³/mol. The highest BCUT2D eigenvalue weighted by atomic mass is 16.5. The van der Waals surface area contributed by atoms with Crippen LogP contribution < -0.4 is 9.47 Å². The van der Waals surface area contributed by atoms with Crippen LogP contribution in [0.1, 0.15) is 61.6 Å². The molecule has 2 aliphatic rings. The smallest absolute Gasteiger partial charge is 0.119 e. The van der Waals surface area contributed by atoms with E-state index in [1.54, 1.807) is 14.2 Å². The quantitative estimate of drug-likeness (QED) is 0.680. The molecular weight excluding hydrogens is 320 g/mol. The zero-order valence-electron chi connectivity index (χ0n) is 16.4. The van der Waals surface area contributed by atoms with Gasteiger partial charge in [0.05, 0.1) is 14.2 Å². The van der Waals surface area contributed by atoms with Gasteiger partial charge in [-0.25, -0.2) is 0 Å². The molecule has 2 aliphatic carbocycles. The monoisotopic (exact) mass is 350 g/mol. The third-order valence-electron chi connectivity index (χ3n) is 6.70. The lowest BCUT2D eigenvalue weighted by molar-refractivity contribution is 0.134. The Balaban J connectivity index is 1.75. The lowest BCUT2D eigenvalue weighted by Gasteiger charge is -2.48. The maximum Gasteiger partial charge on any atom is 0.119 e. The Morgan fingerprint density at radius 2 is 1.58 bits per heavy atom. The molecule has 2 heteroatoms. The molecule has 2 aromatic rings. The molecule has 138 valence electrons. The van der Waals surface area contributed by atoms with Gasteiger partial charge < -0.3 is 9.47 Å². The minimum absolute atomic E-state index is 0.420. The van der Waals surface area contributed by atoms with E-state index in [1.165, 1.54) is 36.0 Å². The molecule has 0 radical (unpaired) electrons. The lowest BCUT2D eigenvalue weighted by atomic mass is 9.57. The average Bonchev–Trinajstić information content (AvgIpc) is 2.66. The van der Waals surface area contributed by atoms with E-state index in [-0.39, 0.29) is 0 Å². The van der Waals surface area contributed by atoms with Crippen LogP contribution in [0.25, 0.3) is 0 Å². The van der Waals surface area contributed by atoms with Crippen molar-refractivity contribution in [2.45, 2.75) is 51.4 Å². The van der Waals surface area contributed by atoms with E-state index in [2.05, 4.69) is 56.3 Å². The van der Waals surface area contributed by atoms with E-state index in [4.69, 9.17) is 9.47 Å². The average molecular weight is 351 g/mol. The Bertz CT molecular complexity index is 775. The Labute approximate surface area is 157 Å². The summed E-state index contributed by atoms with van der Waals surface area (Å²) in [6.07, 6.45) is 5.03. The summed E-state index contributed by atoms with van der Waals surface area (Å²) < 4.78 is 10.9. The molecule has 0 amide bonds. The van der Waals surface area contributed by atoms with E-state index >= 15 is 0 Å². The Kier molecular flexibility index (Phi) is 4.46. The van der Waals surface area contributed by atoms with Gasteiger partial charge in [0.25, 0.3) is 0 Å². The highest BCUT2D eigenvalue weighted by Crippen LogP contribution is 2.56. The molecule has 0 saturated heterocycles. The van der Waals surface area contributed by atoms with Crippen LogP contribution in [0.2, 0.25) is 0 Å². The van der Waals surface area contributed by atoms with Crippen LogP contribution >= 0.6 is 0 Å². The lowest BCUT2D eigenvalue weighted by Crippen LogP contribution is -2.36. The van der Waals surface area contributed by atoms with Gasteiger partial charge in [-0.1, -0.05) is 32.0 Å². The van der Waals surface area contributed by atoms with Gasteiger partial charge in [0.2, 0.25) is 0 Å². The summed E-state index contributed by atoms with van der Waals surface area (Å²) >= 11 is 0. The summed E-state index contributed by atoms with van der Waals surface area (Å²) in [5.41, 5.74) is 4.92. The fourth-order valence-corrected chi connectivity index (χ4v) is 5.27. The van der Waals surface area contributed by atoms with Gasteiger partial charge in [-0.05, 0) is 89.8 Å². The van der Waals surface area contributed by atoms with Crippen molar-refractivity contribution in [1.29, 1.82) is 0 Å². The second-order valence-electron chi connectivity index (χ2n) is 8.83. The number of hydrogen-bond donors (Lipinski definition) is 0. The minimum atomic E-state index is 0.420. The molecule has 1 fully saturated rings. The first-order valence-corrected chi connectivity index (χ1v) is 9.81. The molecule has 4 rings (SSSR count). The molecule has 0 heterocycles. The van der Waals surface area contributed by atoms with E-state index < -0.39 is 0 Å². The first-order chi connectivity index (χ1) is 12.5. The molecule has 26 heavy (non-hydrogen) atoms. The summed E-state index contributed by atoms with van der Waals surface area (Å²) in [6, 6.07) is 15.5. The van der Waals surface area contributed by atoms with Crippen molar-refractivity contribution in [2.75, 3.05) is 14.2 Å². The van der Waals surface area contributed by atoms with E-state index in [0.29, 0.717) is 17.3 Å². The fraction of sp³-hybridized carbons (Fsp3) is 0.500. The largest absolute Gasteiger partial charge is 0.497 e. The standard InChI is InChI=1S/C24H30O2/c1-24(2)12-11-20-21(16-5-8-18(25-3)9-6-16)13-17-7-10-19(26-4)14-22(17)23(20)15-24/h5-10,14,20-21,23H,11-13,15H2,1-4H3/t20-,21+,23-/m1/s1. The molecule has 3 atom stereocenters. The van der Waals surface area contributed by atoms with Gasteiger partial charge in [0, 0.05) is 0 Å². The number of fused-ring (bicyclic) bond motifs is 3. The molecule has 0 aromatic heterocycles. The first-order valence-electron chi connectivity index (χ1n) is 9.81. The van der Waals surface area contributed by atoms with Gasteiger partial charge in [-0.2, -0.15) is 0 Å². The number of rotatable bonds is 3. The van der Waals surface area contributed by atoms with Crippen LogP contribution in [-0.2, 0) is 6.42 Å². The Hall–Kier alpha value is -1.96. The van der Waals surface area contributed by atoms with Crippen molar-refractivity contribution in [2.24, 2.45) is 11.3 Å². The maximum atomic E-state index is 5.54.